The van der Waals surface area contributed by atoms with Gasteiger partial charge in [-0.15, -0.1) is 0 Å². The van der Waals surface area contributed by atoms with Gasteiger partial charge in [0.2, 0.25) is 0 Å². The Morgan fingerprint density at radius 1 is 1.56 bits per heavy atom. The van der Waals surface area contributed by atoms with E-state index in [4.69, 9.17) is 16.9 Å². The smallest absolute Gasteiger partial charge is 0.146 e. The second kappa shape index (κ2) is 5.83. The van der Waals surface area contributed by atoms with E-state index < -0.39 is 0 Å². The lowest BCUT2D eigenvalue weighted by molar-refractivity contribution is 0.298. The number of nitriles is 1. The van der Waals surface area contributed by atoms with Gasteiger partial charge in [-0.1, -0.05) is 23.7 Å². The quantitative estimate of drug-likeness (QED) is 0.809. The van der Waals surface area contributed by atoms with Gasteiger partial charge in [0.25, 0.3) is 0 Å². The van der Waals surface area contributed by atoms with Crippen molar-refractivity contribution in [2.45, 2.75) is 13.5 Å². The zero-order valence-corrected chi connectivity index (χ0v) is 10.1. The van der Waals surface area contributed by atoms with Gasteiger partial charge in [0, 0.05) is 18.7 Å². The number of hydrogen-bond acceptors (Lipinski definition) is 2. The molecule has 1 atom stereocenters. The first-order valence-electron chi connectivity index (χ1n) is 5.05. The van der Waals surface area contributed by atoms with Crippen LogP contribution in [0.15, 0.2) is 18.2 Å². The maximum Gasteiger partial charge on any atom is 0.146 e. The topological polar surface area (TPSA) is 27.0 Å². The Bertz CT molecular complexity index is 400. The molecule has 0 radical (unpaired) electrons. The lowest BCUT2D eigenvalue weighted by Gasteiger charge is -2.18. The van der Waals surface area contributed by atoms with Crippen molar-refractivity contribution in [3.05, 3.63) is 34.6 Å². The van der Waals surface area contributed by atoms with Crippen LogP contribution in [0.4, 0.5) is 4.39 Å². The van der Waals surface area contributed by atoms with Crippen LogP contribution in [0.3, 0.4) is 0 Å². The van der Waals surface area contributed by atoms with Crippen LogP contribution >= 0.6 is 11.6 Å². The summed E-state index contributed by atoms with van der Waals surface area (Å²) in [6, 6.07) is 7.10. The SMILES string of the molecule is CC(C#N)CN(C)Cc1cccc(Cl)c1F. The van der Waals surface area contributed by atoms with E-state index in [1.807, 2.05) is 18.9 Å². The molecule has 0 aliphatic heterocycles. The standard InChI is InChI=1S/C12H14ClFN2/c1-9(6-15)7-16(2)8-10-4-3-5-11(13)12(10)14/h3-5,9H,7-8H2,1-2H3. The first-order valence-corrected chi connectivity index (χ1v) is 5.43. The van der Waals surface area contributed by atoms with Crippen LogP contribution < -0.4 is 0 Å². The molecule has 0 amide bonds. The second-order valence-corrected chi connectivity index (χ2v) is 4.35. The molecule has 0 aromatic heterocycles. The number of rotatable bonds is 4. The van der Waals surface area contributed by atoms with Crippen LogP contribution in [0.2, 0.25) is 5.02 Å². The molecule has 0 spiro atoms. The number of nitrogens with zero attached hydrogens (tertiary/aromatic N) is 2. The summed E-state index contributed by atoms with van der Waals surface area (Å²) in [5, 5.41) is 8.81. The molecule has 0 saturated carbocycles. The Morgan fingerprint density at radius 3 is 2.88 bits per heavy atom. The Morgan fingerprint density at radius 2 is 2.25 bits per heavy atom. The minimum absolute atomic E-state index is 0.0627. The van der Waals surface area contributed by atoms with Crippen molar-refractivity contribution in [1.82, 2.24) is 4.90 Å². The fourth-order valence-electron chi connectivity index (χ4n) is 1.53. The molecule has 0 fully saturated rings. The molecule has 2 nitrogen and oxygen atoms in total. The van der Waals surface area contributed by atoms with Crippen molar-refractivity contribution in [1.29, 1.82) is 5.26 Å². The highest BCUT2D eigenvalue weighted by Gasteiger charge is 2.10. The summed E-state index contributed by atoms with van der Waals surface area (Å²) in [5.41, 5.74) is 0.556. The van der Waals surface area contributed by atoms with Crippen LogP contribution in [-0.4, -0.2) is 18.5 Å². The predicted molar refractivity (Wildman–Crippen MR) is 62.5 cm³/mol. The molecular formula is C12H14ClFN2. The summed E-state index contributed by atoms with van der Waals surface area (Å²) in [6.45, 7) is 2.91. The van der Waals surface area contributed by atoms with Crippen molar-refractivity contribution < 1.29 is 4.39 Å². The molecule has 1 rings (SSSR count). The van der Waals surface area contributed by atoms with Crippen molar-refractivity contribution in [3.63, 3.8) is 0 Å². The molecule has 0 N–H and O–H groups in total. The second-order valence-electron chi connectivity index (χ2n) is 3.94. The van der Waals surface area contributed by atoms with Crippen molar-refractivity contribution in [2.75, 3.05) is 13.6 Å². The van der Waals surface area contributed by atoms with Gasteiger partial charge in [0.05, 0.1) is 17.0 Å². The third-order valence-electron chi connectivity index (χ3n) is 2.28. The molecule has 86 valence electrons. The average molecular weight is 241 g/mol. The number of halogens is 2. The van der Waals surface area contributed by atoms with Gasteiger partial charge >= 0.3 is 0 Å². The van der Waals surface area contributed by atoms with Gasteiger partial charge in [0.15, 0.2) is 0 Å². The van der Waals surface area contributed by atoms with Crippen molar-refractivity contribution in [2.24, 2.45) is 5.92 Å². The van der Waals surface area contributed by atoms with Crippen molar-refractivity contribution >= 4 is 11.6 Å². The molecular weight excluding hydrogens is 227 g/mol. The van der Waals surface area contributed by atoms with Gasteiger partial charge in [0.1, 0.15) is 5.82 Å². The van der Waals surface area contributed by atoms with Gasteiger partial charge in [-0.05, 0) is 20.0 Å². The Balaban J connectivity index is 2.67. The summed E-state index contributed by atoms with van der Waals surface area (Å²) in [5.74, 6) is -0.437. The molecule has 1 unspecified atom stereocenters. The molecule has 0 bridgehead atoms. The molecule has 0 saturated heterocycles. The summed E-state index contributed by atoms with van der Waals surface area (Å²) < 4.78 is 13.6. The number of benzene rings is 1. The van der Waals surface area contributed by atoms with Gasteiger partial charge in [-0.3, -0.25) is 0 Å². The summed E-state index contributed by atoms with van der Waals surface area (Å²) in [7, 11) is 1.86. The van der Waals surface area contributed by atoms with E-state index in [1.165, 1.54) is 6.07 Å². The summed E-state index contributed by atoms with van der Waals surface area (Å²) >= 11 is 5.68. The van der Waals surface area contributed by atoms with Crippen LogP contribution in [0.5, 0.6) is 0 Å². The van der Waals surface area contributed by atoms with Crippen molar-refractivity contribution in [3.8, 4) is 6.07 Å². The summed E-state index contributed by atoms with van der Waals surface area (Å²) in [4.78, 5) is 1.91. The van der Waals surface area contributed by atoms with Crippen LogP contribution in [0.1, 0.15) is 12.5 Å². The number of hydrogen-bond donors (Lipinski definition) is 0. The van der Waals surface area contributed by atoms with E-state index in [0.717, 1.165) is 0 Å². The molecule has 0 aliphatic carbocycles. The fraction of sp³-hybridized carbons (Fsp3) is 0.417. The maximum absolute atomic E-state index is 13.6. The monoisotopic (exact) mass is 240 g/mol. The first kappa shape index (κ1) is 13.0. The molecule has 1 aromatic carbocycles. The largest absolute Gasteiger partial charge is 0.301 e. The third-order valence-corrected chi connectivity index (χ3v) is 2.57. The Kier molecular flexibility index (Phi) is 4.72. The highest BCUT2D eigenvalue weighted by Crippen LogP contribution is 2.19. The third kappa shape index (κ3) is 3.48. The van der Waals surface area contributed by atoms with E-state index in [0.29, 0.717) is 18.7 Å². The normalized spacial score (nSPS) is 12.5. The Hall–Kier alpha value is -1.11. The van der Waals surface area contributed by atoms with E-state index in [1.54, 1.807) is 12.1 Å². The predicted octanol–water partition coefficient (Wildman–Crippen LogP) is 3.07. The van der Waals surface area contributed by atoms with Gasteiger partial charge in [-0.2, -0.15) is 5.26 Å². The lowest BCUT2D eigenvalue weighted by Crippen LogP contribution is -2.23. The minimum Gasteiger partial charge on any atom is -0.301 e. The van der Waals surface area contributed by atoms with Crippen LogP contribution in [-0.2, 0) is 6.54 Å². The van der Waals surface area contributed by atoms with E-state index in [-0.39, 0.29) is 16.8 Å². The average Bonchev–Trinajstić information content (AvgIpc) is 2.24. The Labute approximate surface area is 100 Å². The van der Waals surface area contributed by atoms with E-state index in [9.17, 15) is 4.39 Å². The molecule has 4 heteroatoms. The highest BCUT2D eigenvalue weighted by atomic mass is 35.5. The molecule has 16 heavy (non-hydrogen) atoms. The molecule has 0 aliphatic rings. The lowest BCUT2D eigenvalue weighted by atomic mass is 10.1. The van der Waals surface area contributed by atoms with E-state index >= 15 is 0 Å². The zero-order chi connectivity index (χ0) is 12.1. The van der Waals surface area contributed by atoms with E-state index in [2.05, 4.69) is 6.07 Å². The first-order chi connectivity index (χ1) is 7.54. The van der Waals surface area contributed by atoms with Crippen LogP contribution in [0, 0.1) is 23.1 Å². The minimum atomic E-state index is -0.374. The molecule has 1 aromatic rings. The summed E-state index contributed by atoms with van der Waals surface area (Å²) in [6.07, 6.45) is 0. The van der Waals surface area contributed by atoms with Gasteiger partial charge < -0.3 is 4.90 Å². The van der Waals surface area contributed by atoms with Gasteiger partial charge in [-0.25, -0.2) is 4.39 Å². The highest BCUT2D eigenvalue weighted by molar-refractivity contribution is 6.30. The zero-order valence-electron chi connectivity index (χ0n) is 9.37. The van der Waals surface area contributed by atoms with Crippen LogP contribution in [0.25, 0.3) is 0 Å². The maximum atomic E-state index is 13.6. The molecule has 0 heterocycles. The fourth-order valence-corrected chi connectivity index (χ4v) is 1.73.